The van der Waals surface area contributed by atoms with Crippen LogP contribution in [0.3, 0.4) is 0 Å². The van der Waals surface area contributed by atoms with Crippen LogP contribution in [0.5, 0.6) is 0 Å². The number of unbranched alkanes of at least 4 members (excludes halogenated alkanes) is 1. The van der Waals surface area contributed by atoms with E-state index < -0.39 is 0 Å². The molecular weight excluding hydrogens is 182 g/mol. The minimum absolute atomic E-state index is 0.0511. The Kier molecular flexibility index (Phi) is 5.29. The molecule has 0 atom stereocenters. The molecule has 0 amide bonds. The third-order valence-electron chi connectivity index (χ3n) is 1.93. The van der Waals surface area contributed by atoms with E-state index in [1.54, 1.807) is 6.07 Å². The standard InChI is InChI=1S/C10H17NO3/c12-6-2-1-5-11-7-9-3-4-10(8-13)14-9/h3-4,11-13H,1-2,5-8H2. The molecule has 14 heavy (non-hydrogen) atoms. The summed E-state index contributed by atoms with van der Waals surface area (Å²) in [5, 5.41) is 20.5. The van der Waals surface area contributed by atoms with Crippen LogP contribution in [0.15, 0.2) is 16.5 Å². The van der Waals surface area contributed by atoms with Crippen molar-refractivity contribution in [2.45, 2.75) is 26.0 Å². The fraction of sp³-hybridized carbons (Fsp3) is 0.600. The van der Waals surface area contributed by atoms with Gasteiger partial charge in [0.15, 0.2) is 0 Å². The second-order valence-corrected chi connectivity index (χ2v) is 3.13. The maximum Gasteiger partial charge on any atom is 0.129 e. The van der Waals surface area contributed by atoms with Gasteiger partial charge >= 0.3 is 0 Å². The van der Waals surface area contributed by atoms with E-state index in [1.165, 1.54) is 0 Å². The lowest BCUT2D eigenvalue weighted by Crippen LogP contribution is -2.14. The highest BCUT2D eigenvalue weighted by molar-refractivity contribution is 5.05. The van der Waals surface area contributed by atoms with Gasteiger partial charge in [0, 0.05) is 6.61 Å². The van der Waals surface area contributed by atoms with Crippen molar-refractivity contribution >= 4 is 0 Å². The lowest BCUT2D eigenvalue weighted by molar-refractivity contribution is 0.242. The molecule has 0 saturated carbocycles. The van der Waals surface area contributed by atoms with Crippen LogP contribution in [0.25, 0.3) is 0 Å². The topological polar surface area (TPSA) is 65.6 Å². The minimum atomic E-state index is -0.0511. The van der Waals surface area contributed by atoms with Crippen LogP contribution in [0.1, 0.15) is 24.4 Å². The van der Waals surface area contributed by atoms with Crippen molar-refractivity contribution in [1.29, 1.82) is 0 Å². The summed E-state index contributed by atoms with van der Waals surface area (Å²) in [6.07, 6.45) is 1.79. The summed E-state index contributed by atoms with van der Waals surface area (Å²) in [5.74, 6) is 1.43. The van der Waals surface area contributed by atoms with Gasteiger partial charge in [-0.15, -0.1) is 0 Å². The number of aliphatic hydroxyl groups excluding tert-OH is 2. The molecule has 0 radical (unpaired) electrons. The summed E-state index contributed by atoms with van der Waals surface area (Å²) in [5.41, 5.74) is 0. The molecule has 0 unspecified atom stereocenters. The molecule has 1 heterocycles. The molecule has 0 aromatic carbocycles. The molecular formula is C10H17NO3. The fourth-order valence-electron chi connectivity index (χ4n) is 1.18. The Bertz CT molecular complexity index is 247. The first kappa shape index (κ1) is 11.2. The Morgan fingerprint density at radius 1 is 1.14 bits per heavy atom. The Hall–Kier alpha value is -0.840. The average molecular weight is 199 g/mol. The molecule has 0 aliphatic carbocycles. The minimum Gasteiger partial charge on any atom is -0.462 e. The number of nitrogens with one attached hydrogen (secondary N) is 1. The highest BCUT2D eigenvalue weighted by Gasteiger charge is 1.99. The number of rotatable bonds is 7. The van der Waals surface area contributed by atoms with Crippen LogP contribution >= 0.6 is 0 Å². The van der Waals surface area contributed by atoms with Crippen molar-refractivity contribution in [2.24, 2.45) is 0 Å². The molecule has 0 bridgehead atoms. The molecule has 1 rings (SSSR count). The predicted octanol–water partition coefficient (Wildman–Crippen LogP) is 0.634. The van der Waals surface area contributed by atoms with Crippen molar-refractivity contribution in [3.63, 3.8) is 0 Å². The van der Waals surface area contributed by atoms with Gasteiger partial charge in [-0.1, -0.05) is 0 Å². The third kappa shape index (κ3) is 3.91. The van der Waals surface area contributed by atoms with E-state index in [0.717, 1.165) is 25.1 Å². The van der Waals surface area contributed by atoms with E-state index in [0.29, 0.717) is 12.3 Å². The quantitative estimate of drug-likeness (QED) is 0.564. The van der Waals surface area contributed by atoms with E-state index in [1.807, 2.05) is 6.07 Å². The predicted molar refractivity (Wildman–Crippen MR) is 52.7 cm³/mol. The SMILES string of the molecule is OCCCCNCc1ccc(CO)o1. The maximum atomic E-state index is 8.75. The van der Waals surface area contributed by atoms with Crippen molar-refractivity contribution in [2.75, 3.05) is 13.2 Å². The lowest BCUT2D eigenvalue weighted by Gasteiger charge is -2.00. The normalized spacial score (nSPS) is 10.7. The second-order valence-electron chi connectivity index (χ2n) is 3.13. The summed E-state index contributed by atoms with van der Waals surface area (Å²) in [6, 6.07) is 3.62. The third-order valence-corrected chi connectivity index (χ3v) is 1.93. The first-order valence-corrected chi connectivity index (χ1v) is 4.87. The molecule has 4 heteroatoms. The van der Waals surface area contributed by atoms with Gasteiger partial charge in [0.05, 0.1) is 6.54 Å². The zero-order chi connectivity index (χ0) is 10.2. The van der Waals surface area contributed by atoms with Crippen LogP contribution in [0.2, 0.25) is 0 Å². The van der Waals surface area contributed by atoms with Gasteiger partial charge in [0.1, 0.15) is 18.1 Å². The van der Waals surface area contributed by atoms with Gasteiger partial charge in [0.25, 0.3) is 0 Å². The molecule has 0 aliphatic heterocycles. The summed E-state index contributed by atoms with van der Waals surface area (Å²) < 4.78 is 5.28. The summed E-state index contributed by atoms with van der Waals surface area (Å²) in [6.45, 7) is 1.74. The molecule has 1 aromatic rings. The Labute approximate surface area is 83.6 Å². The zero-order valence-corrected chi connectivity index (χ0v) is 8.20. The van der Waals surface area contributed by atoms with E-state index in [2.05, 4.69) is 5.32 Å². The number of aliphatic hydroxyl groups is 2. The molecule has 0 fully saturated rings. The van der Waals surface area contributed by atoms with Crippen molar-refractivity contribution < 1.29 is 14.6 Å². The second kappa shape index (κ2) is 6.59. The van der Waals surface area contributed by atoms with Crippen LogP contribution in [-0.2, 0) is 13.2 Å². The van der Waals surface area contributed by atoms with Crippen molar-refractivity contribution in [3.05, 3.63) is 23.7 Å². The van der Waals surface area contributed by atoms with E-state index >= 15 is 0 Å². The van der Waals surface area contributed by atoms with Gasteiger partial charge in [-0.2, -0.15) is 0 Å². The summed E-state index contributed by atoms with van der Waals surface area (Å²) >= 11 is 0. The number of hydrogen-bond donors (Lipinski definition) is 3. The molecule has 0 saturated heterocycles. The monoisotopic (exact) mass is 199 g/mol. The largest absolute Gasteiger partial charge is 0.462 e. The maximum absolute atomic E-state index is 8.75. The summed E-state index contributed by atoms with van der Waals surface area (Å²) in [7, 11) is 0. The van der Waals surface area contributed by atoms with Crippen molar-refractivity contribution in [1.82, 2.24) is 5.32 Å². The van der Waals surface area contributed by atoms with E-state index in [-0.39, 0.29) is 13.2 Å². The van der Waals surface area contributed by atoms with Gasteiger partial charge in [-0.25, -0.2) is 0 Å². The zero-order valence-electron chi connectivity index (χ0n) is 8.20. The van der Waals surface area contributed by atoms with Gasteiger partial charge < -0.3 is 19.9 Å². The van der Waals surface area contributed by atoms with Gasteiger partial charge in [-0.05, 0) is 31.5 Å². The summed E-state index contributed by atoms with van der Waals surface area (Å²) in [4.78, 5) is 0. The smallest absolute Gasteiger partial charge is 0.129 e. The molecule has 3 N–H and O–H groups in total. The highest BCUT2D eigenvalue weighted by Crippen LogP contribution is 2.06. The molecule has 0 aliphatic rings. The first-order valence-electron chi connectivity index (χ1n) is 4.87. The fourth-order valence-corrected chi connectivity index (χ4v) is 1.18. The number of hydrogen-bond acceptors (Lipinski definition) is 4. The van der Waals surface area contributed by atoms with Crippen molar-refractivity contribution in [3.8, 4) is 0 Å². The Morgan fingerprint density at radius 3 is 2.57 bits per heavy atom. The molecule has 4 nitrogen and oxygen atoms in total. The molecule has 80 valence electrons. The van der Waals surface area contributed by atoms with Crippen LogP contribution in [-0.4, -0.2) is 23.4 Å². The lowest BCUT2D eigenvalue weighted by atomic mass is 10.3. The number of furan rings is 1. The Morgan fingerprint density at radius 2 is 1.93 bits per heavy atom. The average Bonchev–Trinajstić information content (AvgIpc) is 2.65. The Balaban J connectivity index is 2.12. The van der Waals surface area contributed by atoms with Crippen LogP contribution < -0.4 is 5.32 Å². The van der Waals surface area contributed by atoms with Crippen LogP contribution in [0, 0.1) is 0 Å². The van der Waals surface area contributed by atoms with Gasteiger partial charge in [-0.3, -0.25) is 0 Å². The molecule has 1 aromatic heterocycles. The first-order chi connectivity index (χ1) is 6.86. The van der Waals surface area contributed by atoms with E-state index in [9.17, 15) is 0 Å². The van der Waals surface area contributed by atoms with E-state index in [4.69, 9.17) is 14.6 Å². The molecule has 0 spiro atoms. The van der Waals surface area contributed by atoms with Gasteiger partial charge in [0.2, 0.25) is 0 Å². The highest BCUT2D eigenvalue weighted by atomic mass is 16.4. The van der Waals surface area contributed by atoms with Crippen LogP contribution in [0.4, 0.5) is 0 Å².